The molecular weight excluding hydrogens is 311 g/mol. The van der Waals surface area contributed by atoms with Gasteiger partial charge in [-0.2, -0.15) is 5.10 Å². The smallest absolute Gasteiger partial charge is 0.224 e. The van der Waals surface area contributed by atoms with Crippen molar-refractivity contribution in [2.24, 2.45) is 5.41 Å². The fourth-order valence-corrected chi connectivity index (χ4v) is 3.31. The van der Waals surface area contributed by atoms with Gasteiger partial charge in [0.15, 0.2) is 0 Å². The van der Waals surface area contributed by atoms with Crippen LogP contribution in [0.25, 0.3) is 0 Å². The Labute approximate surface area is 138 Å². The van der Waals surface area contributed by atoms with Crippen LogP contribution in [0, 0.1) is 5.41 Å². The van der Waals surface area contributed by atoms with Gasteiger partial charge in [-0.15, -0.1) is 24.8 Å². The second kappa shape index (κ2) is 8.01. The van der Waals surface area contributed by atoms with Gasteiger partial charge in [0.25, 0.3) is 0 Å². The highest BCUT2D eigenvalue weighted by Crippen LogP contribution is 2.38. The van der Waals surface area contributed by atoms with Gasteiger partial charge in [0.05, 0.1) is 0 Å². The SMILES string of the molecule is Cl.Cl.O=C(CCn1cccn1)N1CCC2(CCNCC2)C1. The Balaban J connectivity index is 0.00000110. The topological polar surface area (TPSA) is 50.2 Å². The van der Waals surface area contributed by atoms with Crippen LogP contribution in [-0.4, -0.2) is 46.8 Å². The number of carbonyl (C=O) groups excluding carboxylic acids is 1. The fourth-order valence-electron chi connectivity index (χ4n) is 3.31. The molecule has 1 amide bonds. The number of piperidine rings is 1. The molecule has 5 nitrogen and oxygen atoms in total. The number of likely N-dealkylation sites (tertiary alicyclic amines) is 1. The molecule has 2 saturated heterocycles. The Morgan fingerprint density at radius 2 is 2.00 bits per heavy atom. The number of hydrogen-bond donors (Lipinski definition) is 1. The van der Waals surface area contributed by atoms with Gasteiger partial charge in [0.2, 0.25) is 5.91 Å². The summed E-state index contributed by atoms with van der Waals surface area (Å²) in [4.78, 5) is 14.3. The van der Waals surface area contributed by atoms with Crippen molar-refractivity contribution >= 4 is 30.7 Å². The Hall–Kier alpha value is -0.780. The van der Waals surface area contributed by atoms with Gasteiger partial charge < -0.3 is 10.2 Å². The maximum atomic E-state index is 12.2. The molecule has 1 aromatic rings. The highest BCUT2D eigenvalue weighted by Gasteiger charge is 2.40. The van der Waals surface area contributed by atoms with Crippen molar-refractivity contribution in [2.45, 2.75) is 32.2 Å². The zero-order valence-electron chi connectivity index (χ0n) is 12.2. The quantitative estimate of drug-likeness (QED) is 0.915. The molecule has 0 bridgehead atoms. The average Bonchev–Trinajstić information content (AvgIpc) is 3.07. The van der Waals surface area contributed by atoms with Crippen LogP contribution in [0.1, 0.15) is 25.7 Å². The Morgan fingerprint density at radius 3 is 2.67 bits per heavy atom. The zero-order chi connectivity index (χ0) is 13.1. The number of halogens is 2. The molecule has 0 unspecified atom stereocenters. The van der Waals surface area contributed by atoms with Crippen molar-refractivity contribution in [3.8, 4) is 0 Å². The summed E-state index contributed by atoms with van der Waals surface area (Å²) in [7, 11) is 0. The lowest BCUT2D eigenvalue weighted by Crippen LogP contribution is -2.39. The van der Waals surface area contributed by atoms with E-state index in [-0.39, 0.29) is 30.7 Å². The van der Waals surface area contributed by atoms with Crippen molar-refractivity contribution in [2.75, 3.05) is 26.2 Å². The maximum absolute atomic E-state index is 12.2. The lowest BCUT2D eigenvalue weighted by atomic mass is 9.78. The standard InChI is InChI=1S/C14H22N4O.2ClH/c19-13(2-10-18-9-1-6-16-18)17-11-5-14(12-17)3-7-15-8-4-14;;/h1,6,9,15H,2-5,7-8,10-12H2;2*1H. The normalized spacial score (nSPS) is 19.9. The van der Waals surface area contributed by atoms with Gasteiger partial charge in [0.1, 0.15) is 0 Å². The molecule has 0 atom stereocenters. The number of aryl methyl sites for hydroxylation is 1. The van der Waals surface area contributed by atoms with Crippen LogP contribution in [0.5, 0.6) is 0 Å². The van der Waals surface area contributed by atoms with Crippen molar-refractivity contribution < 1.29 is 4.79 Å². The van der Waals surface area contributed by atoms with Crippen LogP contribution in [0.3, 0.4) is 0 Å². The van der Waals surface area contributed by atoms with Crippen LogP contribution >= 0.6 is 24.8 Å². The highest BCUT2D eigenvalue weighted by molar-refractivity contribution is 5.85. The summed E-state index contributed by atoms with van der Waals surface area (Å²) in [6, 6.07) is 1.89. The predicted octanol–water partition coefficient (Wildman–Crippen LogP) is 1.72. The Bertz CT molecular complexity index is 432. The Kier molecular flexibility index (Phi) is 6.97. The third-order valence-electron chi connectivity index (χ3n) is 4.57. The first-order valence-electron chi connectivity index (χ1n) is 7.23. The van der Waals surface area contributed by atoms with Gasteiger partial charge in [0, 0.05) is 38.4 Å². The number of rotatable bonds is 3. The summed E-state index contributed by atoms with van der Waals surface area (Å²) in [6.07, 6.45) is 7.85. The van der Waals surface area contributed by atoms with E-state index in [1.54, 1.807) is 6.20 Å². The molecule has 1 N–H and O–H groups in total. The van der Waals surface area contributed by atoms with Crippen molar-refractivity contribution in [3.05, 3.63) is 18.5 Å². The van der Waals surface area contributed by atoms with E-state index in [4.69, 9.17) is 0 Å². The molecule has 0 aliphatic carbocycles. The van der Waals surface area contributed by atoms with Gasteiger partial charge in [-0.05, 0) is 43.8 Å². The average molecular weight is 335 g/mol. The molecule has 7 heteroatoms. The number of nitrogens with one attached hydrogen (secondary N) is 1. The number of nitrogens with zero attached hydrogens (tertiary/aromatic N) is 3. The molecule has 2 aliphatic heterocycles. The van der Waals surface area contributed by atoms with E-state index in [2.05, 4.69) is 15.3 Å². The molecule has 2 fully saturated rings. The van der Waals surface area contributed by atoms with E-state index in [1.807, 2.05) is 16.9 Å². The second-order valence-corrected chi connectivity index (χ2v) is 5.83. The molecule has 3 heterocycles. The van der Waals surface area contributed by atoms with E-state index in [0.29, 0.717) is 18.4 Å². The van der Waals surface area contributed by atoms with Crippen LogP contribution in [0.15, 0.2) is 18.5 Å². The maximum Gasteiger partial charge on any atom is 0.224 e. The summed E-state index contributed by atoms with van der Waals surface area (Å²) in [5.74, 6) is 0.283. The summed E-state index contributed by atoms with van der Waals surface area (Å²) >= 11 is 0. The monoisotopic (exact) mass is 334 g/mol. The van der Waals surface area contributed by atoms with Crippen molar-refractivity contribution in [3.63, 3.8) is 0 Å². The molecule has 1 spiro atoms. The fraction of sp³-hybridized carbons (Fsp3) is 0.714. The summed E-state index contributed by atoms with van der Waals surface area (Å²) in [5, 5.41) is 7.54. The minimum Gasteiger partial charge on any atom is -0.342 e. The van der Waals surface area contributed by atoms with Gasteiger partial charge in [-0.3, -0.25) is 9.48 Å². The van der Waals surface area contributed by atoms with Crippen LogP contribution in [-0.2, 0) is 11.3 Å². The highest BCUT2D eigenvalue weighted by atomic mass is 35.5. The van der Waals surface area contributed by atoms with Crippen LogP contribution in [0.2, 0.25) is 0 Å². The minimum absolute atomic E-state index is 0. The summed E-state index contributed by atoms with van der Waals surface area (Å²) in [6.45, 7) is 4.81. The predicted molar refractivity (Wildman–Crippen MR) is 87.1 cm³/mol. The number of hydrogen-bond acceptors (Lipinski definition) is 3. The number of carbonyl (C=O) groups is 1. The lowest BCUT2D eigenvalue weighted by molar-refractivity contribution is -0.130. The van der Waals surface area contributed by atoms with E-state index in [9.17, 15) is 4.79 Å². The molecule has 0 radical (unpaired) electrons. The molecule has 3 rings (SSSR count). The van der Waals surface area contributed by atoms with Crippen LogP contribution < -0.4 is 5.32 Å². The first kappa shape index (κ1) is 18.3. The van der Waals surface area contributed by atoms with Gasteiger partial charge >= 0.3 is 0 Å². The van der Waals surface area contributed by atoms with Gasteiger partial charge in [-0.1, -0.05) is 0 Å². The molecule has 2 aliphatic rings. The zero-order valence-corrected chi connectivity index (χ0v) is 13.8. The minimum atomic E-state index is 0. The first-order valence-corrected chi connectivity index (χ1v) is 7.23. The van der Waals surface area contributed by atoms with E-state index < -0.39 is 0 Å². The first-order chi connectivity index (χ1) is 9.27. The molecule has 120 valence electrons. The molecule has 0 saturated carbocycles. The summed E-state index contributed by atoms with van der Waals surface area (Å²) in [5.41, 5.74) is 0.409. The summed E-state index contributed by atoms with van der Waals surface area (Å²) < 4.78 is 1.83. The lowest BCUT2D eigenvalue weighted by Gasteiger charge is -2.33. The Morgan fingerprint density at radius 1 is 1.24 bits per heavy atom. The third-order valence-corrected chi connectivity index (χ3v) is 4.57. The van der Waals surface area contributed by atoms with Crippen molar-refractivity contribution in [1.29, 1.82) is 0 Å². The van der Waals surface area contributed by atoms with Crippen LogP contribution in [0.4, 0.5) is 0 Å². The van der Waals surface area contributed by atoms with Crippen molar-refractivity contribution in [1.82, 2.24) is 20.0 Å². The van der Waals surface area contributed by atoms with E-state index in [1.165, 1.54) is 19.3 Å². The molecular formula is C14H24Cl2N4O. The van der Waals surface area contributed by atoms with Gasteiger partial charge in [-0.25, -0.2) is 0 Å². The molecule has 21 heavy (non-hydrogen) atoms. The largest absolute Gasteiger partial charge is 0.342 e. The number of aromatic nitrogens is 2. The van der Waals surface area contributed by atoms with E-state index in [0.717, 1.165) is 26.2 Å². The number of amides is 1. The van der Waals surface area contributed by atoms with E-state index >= 15 is 0 Å². The molecule has 0 aromatic carbocycles. The third kappa shape index (κ3) is 4.34. The second-order valence-electron chi connectivity index (χ2n) is 5.83. The molecule has 1 aromatic heterocycles.